The van der Waals surface area contributed by atoms with Gasteiger partial charge >= 0.3 is 0 Å². The van der Waals surface area contributed by atoms with Crippen LogP contribution in [0.1, 0.15) is 59.1 Å². The van der Waals surface area contributed by atoms with E-state index in [4.69, 9.17) is 4.74 Å². The van der Waals surface area contributed by atoms with Gasteiger partial charge in [0, 0.05) is 6.42 Å². The van der Waals surface area contributed by atoms with Crippen molar-refractivity contribution >= 4 is 5.78 Å². The smallest absolute Gasteiger partial charge is 0.130 e. The summed E-state index contributed by atoms with van der Waals surface area (Å²) < 4.78 is 5.45. The van der Waals surface area contributed by atoms with Gasteiger partial charge in [0.25, 0.3) is 0 Å². The number of hydrogen-bond donors (Lipinski definition) is 0. The molecule has 0 amide bonds. The molecule has 1 rings (SSSR count). The third-order valence-electron chi connectivity index (χ3n) is 3.48. The van der Waals surface area contributed by atoms with Crippen LogP contribution in [0.5, 0.6) is 5.75 Å². The first-order valence-corrected chi connectivity index (χ1v) is 6.76. The van der Waals surface area contributed by atoms with E-state index in [0.717, 1.165) is 5.75 Å². The fourth-order valence-electron chi connectivity index (χ4n) is 2.44. The van der Waals surface area contributed by atoms with Crippen LogP contribution >= 0.6 is 0 Å². The second-order valence-electron chi connectivity index (χ2n) is 6.93. The Morgan fingerprint density at radius 1 is 1.16 bits per heavy atom. The summed E-state index contributed by atoms with van der Waals surface area (Å²) in [4.78, 5) is 11.4. The minimum absolute atomic E-state index is 0.0215. The molecule has 0 aliphatic rings. The zero-order valence-corrected chi connectivity index (χ0v) is 13.3. The second kappa shape index (κ2) is 5.36. The molecule has 0 N–H and O–H groups in total. The fraction of sp³-hybridized carbons (Fsp3) is 0.588. The zero-order chi connectivity index (χ0) is 14.8. The van der Waals surface area contributed by atoms with Crippen LogP contribution in [0.25, 0.3) is 0 Å². The summed E-state index contributed by atoms with van der Waals surface area (Å²) >= 11 is 0. The van der Waals surface area contributed by atoms with Crippen molar-refractivity contribution in [2.45, 2.75) is 58.8 Å². The summed E-state index contributed by atoms with van der Waals surface area (Å²) in [5.41, 5.74) is 2.25. The minimum atomic E-state index is -0.141. The lowest BCUT2D eigenvalue weighted by molar-refractivity contribution is -0.118. The van der Waals surface area contributed by atoms with Crippen molar-refractivity contribution in [2.24, 2.45) is 0 Å². The summed E-state index contributed by atoms with van der Waals surface area (Å²) in [5.74, 6) is 1.13. The number of carbonyl (C=O) groups excluding carboxylic acids is 1. The van der Waals surface area contributed by atoms with Crippen molar-refractivity contribution in [2.75, 3.05) is 7.11 Å². The molecule has 19 heavy (non-hydrogen) atoms. The van der Waals surface area contributed by atoms with Gasteiger partial charge in [0.05, 0.1) is 7.11 Å². The van der Waals surface area contributed by atoms with Gasteiger partial charge in [0.2, 0.25) is 0 Å². The Balaban J connectivity index is 3.29. The molecule has 2 heteroatoms. The Labute approximate surface area is 117 Å². The Kier molecular flexibility index (Phi) is 4.44. The predicted octanol–water partition coefficient (Wildman–Crippen LogP) is 4.25. The number of hydrogen-bond acceptors (Lipinski definition) is 2. The molecule has 0 aromatic heterocycles. The van der Waals surface area contributed by atoms with E-state index in [1.54, 1.807) is 14.0 Å². The second-order valence-corrected chi connectivity index (χ2v) is 6.93. The maximum atomic E-state index is 11.4. The van der Waals surface area contributed by atoms with Crippen LogP contribution in [0.2, 0.25) is 0 Å². The molecule has 0 bridgehead atoms. The van der Waals surface area contributed by atoms with Crippen molar-refractivity contribution in [1.82, 2.24) is 0 Å². The van der Waals surface area contributed by atoms with E-state index in [-0.39, 0.29) is 16.6 Å². The standard InChI is InChI=1S/C17H26O2/c1-12(18)11-17(5,6)13-8-9-15(19-7)14(10-13)16(2,3)4/h8-10H,11H2,1-7H3. The normalized spacial score (nSPS) is 12.4. The number of carbonyl (C=O) groups is 1. The largest absolute Gasteiger partial charge is 0.496 e. The Morgan fingerprint density at radius 2 is 1.74 bits per heavy atom. The van der Waals surface area contributed by atoms with E-state index >= 15 is 0 Å². The maximum absolute atomic E-state index is 11.4. The lowest BCUT2D eigenvalue weighted by Crippen LogP contribution is -2.22. The van der Waals surface area contributed by atoms with Gasteiger partial charge in [-0.25, -0.2) is 0 Å². The van der Waals surface area contributed by atoms with E-state index in [9.17, 15) is 4.79 Å². The number of benzene rings is 1. The number of Topliss-reactive ketones (excluding diaryl/α,β-unsaturated/α-hetero) is 1. The molecule has 0 heterocycles. The fourth-order valence-corrected chi connectivity index (χ4v) is 2.44. The average Bonchev–Trinajstić information content (AvgIpc) is 2.25. The van der Waals surface area contributed by atoms with Crippen LogP contribution in [0, 0.1) is 0 Å². The molecular weight excluding hydrogens is 236 g/mol. The Bertz CT molecular complexity index is 465. The Morgan fingerprint density at radius 3 is 2.16 bits per heavy atom. The third kappa shape index (κ3) is 3.82. The predicted molar refractivity (Wildman–Crippen MR) is 80.0 cm³/mol. The molecule has 2 nitrogen and oxygen atoms in total. The summed E-state index contributed by atoms with van der Waals surface area (Å²) in [6, 6.07) is 6.26. The first kappa shape index (κ1) is 15.7. The number of ketones is 1. The van der Waals surface area contributed by atoms with Crippen LogP contribution in [0.3, 0.4) is 0 Å². The summed E-state index contributed by atoms with van der Waals surface area (Å²) in [6.07, 6.45) is 0.558. The highest BCUT2D eigenvalue weighted by atomic mass is 16.5. The van der Waals surface area contributed by atoms with Crippen molar-refractivity contribution in [3.05, 3.63) is 29.3 Å². The molecule has 0 fully saturated rings. The number of rotatable bonds is 4. The van der Waals surface area contributed by atoms with Gasteiger partial charge in [0.1, 0.15) is 11.5 Å². The molecule has 0 aliphatic heterocycles. The highest BCUT2D eigenvalue weighted by molar-refractivity contribution is 5.77. The van der Waals surface area contributed by atoms with Crippen molar-refractivity contribution < 1.29 is 9.53 Å². The summed E-state index contributed by atoms with van der Waals surface area (Å²) in [6.45, 7) is 12.4. The molecule has 0 atom stereocenters. The molecule has 1 aromatic carbocycles. The van der Waals surface area contributed by atoms with Crippen LogP contribution in [0.4, 0.5) is 0 Å². The molecule has 0 saturated carbocycles. The van der Waals surface area contributed by atoms with Gasteiger partial charge in [0.15, 0.2) is 0 Å². The third-order valence-corrected chi connectivity index (χ3v) is 3.48. The van der Waals surface area contributed by atoms with Crippen LogP contribution in [-0.2, 0) is 15.6 Å². The zero-order valence-electron chi connectivity index (χ0n) is 13.3. The quantitative estimate of drug-likeness (QED) is 0.811. The number of ether oxygens (including phenoxy) is 1. The first-order valence-electron chi connectivity index (χ1n) is 6.76. The monoisotopic (exact) mass is 262 g/mol. The van der Waals surface area contributed by atoms with Crippen molar-refractivity contribution in [3.63, 3.8) is 0 Å². The van der Waals surface area contributed by atoms with Gasteiger partial charge in [-0.15, -0.1) is 0 Å². The SMILES string of the molecule is COc1ccc(C(C)(C)CC(C)=O)cc1C(C)(C)C. The highest BCUT2D eigenvalue weighted by Gasteiger charge is 2.26. The van der Waals surface area contributed by atoms with Crippen LogP contribution < -0.4 is 4.74 Å². The lowest BCUT2D eigenvalue weighted by Gasteiger charge is -2.28. The molecule has 1 aromatic rings. The molecule has 0 unspecified atom stereocenters. The van der Waals surface area contributed by atoms with Gasteiger partial charge in [-0.3, -0.25) is 4.79 Å². The highest BCUT2D eigenvalue weighted by Crippen LogP contribution is 2.36. The van der Waals surface area contributed by atoms with Gasteiger partial charge in [-0.2, -0.15) is 0 Å². The first-order chi connectivity index (χ1) is 8.58. The van der Waals surface area contributed by atoms with E-state index in [2.05, 4.69) is 46.8 Å². The van der Waals surface area contributed by atoms with Gasteiger partial charge < -0.3 is 4.74 Å². The van der Waals surface area contributed by atoms with E-state index in [1.165, 1.54) is 11.1 Å². The Hall–Kier alpha value is -1.31. The maximum Gasteiger partial charge on any atom is 0.130 e. The molecule has 0 radical (unpaired) electrons. The molecule has 0 saturated heterocycles. The van der Waals surface area contributed by atoms with Crippen LogP contribution in [0.15, 0.2) is 18.2 Å². The minimum Gasteiger partial charge on any atom is -0.496 e. The van der Waals surface area contributed by atoms with Crippen LogP contribution in [-0.4, -0.2) is 12.9 Å². The number of methoxy groups -OCH3 is 1. The van der Waals surface area contributed by atoms with Gasteiger partial charge in [-0.05, 0) is 34.9 Å². The van der Waals surface area contributed by atoms with Gasteiger partial charge in [-0.1, -0.05) is 46.8 Å². The van der Waals surface area contributed by atoms with E-state index in [1.807, 2.05) is 6.07 Å². The molecule has 0 spiro atoms. The topological polar surface area (TPSA) is 26.3 Å². The molecule has 106 valence electrons. The van der Waals surface area contributed by atoms with Crippen molar-refractivity contribution in [1.29, 1.82) is 0 Å². The van der Waals surface area contributed by atoms with E-state index in [0.29, 0.717) is 6.42 Å². The summed E-state index contributed by atoms with van der Waals surface area (Å²) in [5, 5.41) is 0. The average molecular weight is 262 g/mol. The van der Waals surface area contributed by atoms with E-state index < -0.39 is 0 Å². The lowest BCUT2D eigenvalue weighted by atomic mass is 9.77. The molecule has 0 aliphatic carbocycles. The molecular formula is C17H26O2. The summed E-state index contributed by atoms with van der Waals surface area (Å²) in [7, 11) is 1.70. The van der Waals surface area contributed by atoms with Crippen molar-refractivity contribution in [3.8, 4) is 5.75 Å².